The molecular weight excluding hydrogens is 492 g/mol. The molecule has 210 valence electrons. The first kappa shape index (κ1) is 27.6. The summed E-state index contributed by atoms with van der Waals surface area (Å²) >= 11 is 0. The molecule has 4 heterocycles. The summed E-state index contributed by atoms with van der Waals surface area (Å²) in [6.45, 7) is 8.51. The first-order chi connectivity index (χ1) is 18.6. The molecule has 1 atom stereocenters. The molecule has 2 aliphatic heterocycles. The zero-order valence-electron chi connectivity index (χ0n) is 23.4. The number of carbonyl (C=O) groups is 2. The molecule has 1 aromatic carbocycles. The third kappa shape index (κ3) is 5.66. The number of aromatic nitrogens is 2. The zero-order valence-corrected chi connectivity index (χ0v) is 23.4. The van der Waals surface area contributed by atoms with Crippen molar-refractivity contribution in [3.8, 4) is 0 Å². The molecule has 39 heavy (non-hydrogen) atoms. The highest BCUT2D eigenvalue weighted by molar-refractivity contribution is 6.18. The molecule has 5 N–H and O–H groups in total. The smallest absolute Gasteiger partial charge is 0.252 e. The van der Waals surface area contributed by atoms with Crippen molar-refractivity contribution in [1.82, 2.24) is 20.2 Å². The minimum Gasteiger partial charge on any atom is -0.389 e. The van der Waals surface area contributed by atoms with Crippen LogP contribution in [0.4, 0.5) is 5.82 Å². The van der Waals surface area contributed by atoms with Crippen LogP contribution >= 0.6 is 0 Å². The molecule has 3 aromatic rings. The van der Waals surface area contributed by atoms with Gasteiger partial charge < -0.3 is 35.7 Å². The number of pyridine rings is 1. The molecule has 1 unspecified atom stereocenters. The Morgan fingerprint density at radius 3 is 2.74 bits per heavy atom. The second-order valence-electron chi connectivity index (χ2n) is 12.3. The van der Waals surface area contributed by atoms with Crippen LogP contribution in [-0.2, 0) is 4.79 Å². The molecule has 5 rings (SSSR count). The van der Waals surface area contributed by atoms with E-state index in [-0.39, 0.29) is 0 Å². The maximum atomic E-state index is 12.4. The highest BCUT2D eigenvalue weighted by Gasteiger charge is 2.36. The summed E-state index contributed by atoms with van der Waals surface area (Å²) in [6, 6.07) is 6.55. The Bertz CT molecular complexity index is 1350. The summed E-state index contributed by atoms with van der Waals surface area (Å²) in [7, 11) is 1.91. The van der Waals surface area contributed by atoms with E-state index in [9.17, 15) is 14.7 Å². The van der Waals surface area contributed by atoms with Crippen LogP contribution in [0.1, 0.15) is 67.8 Å². The summed E-state index contributed by atoms with van der Waals surface area (Å²) in [4.78, 5) is 37.4. The van der Waals surface area contributed by atoms with Crippen molar-refractivity contribution < 1.29 is 14.7 Å². The van der Waals surface area contributed by atoms with E-state index in [2.05, 4.69) is 38.3 Å². The number of nitrogens with one attached hydrogen (secondary N) is 2. The van der Waals surface area contributed by atoms with E-state index in [1.165, 1.54) is 5.56 Å². The lowest BCUT2D eigenvalue weighted by Crippen LogP contribution is -2.46. The standard InChI is InChI=1S/C30H42N6O3/c1-29(2,39)17-35-13-7-20(8-14-35)21-5-6-22-24(15-21)34-26-23(27(31)38)16-33-28(25(22)26)36-12-4-9-30(18-36,19-37)10-11-32-3/h5-6,15-16,19-20,32,34,39H,4,7-14,17-18H2,1-3H3,(H2,31,38). The molecule has 0 radical (unpaired) electrons. The number of aromatic amines is 1. The van der Waals surface area contributed by atoms with E-state index >= 15 is 0 Å². The van der Waals surface area contributed by atoms with Crippen molar-refractivity contribution in [2.45, 2.75) is 57.5 Å². The monoisotopic (exact) mass is 534 g/mol. The molecular formula is C30H42N6O3. The lowest BCUT2D eigenvalue weighted by molar-refractivity contribution is -0.117. The van der Waals surface area contributed by atoms with Crippen LogP contribution in [-0.4, -0.2) is 84.1 Å². The van der Waals surface area contributed by atoms with Gasteiger partial charge in [0.25, 0.3) is 5.91 Å². The summed E-state index contributed by atoms with van der Waals surface area (Å²) < 4.78 is 0. The fraction of sp³-hybridized carbons (Fsp3) is 0.567. The van der Waals surface area contributed by atoms with Gasteiger partial charge in [-0.3, -0.25) is 4.79 Å². The number of rotatable bonds is 9. The molecule has 0 bridgehead atoms. The zero-order chi connectivity index (χ0) is 27.8. The molecule has 0 saturated carbocycles. The average molecular weight is 535 g/mol. The molecule has 2 fully saturated rings. The summed E-state index contributed by atoms with van der Waals surface area (Å²) in [5.41, 5.74) is 7.98. The second kappa shape index (κ2) is 10.9. The number of carbonyl (C=O) groups excluding carboxylic acids is 2. The van der Waals surface area contributed by atoms with Crippen molar-refractivity contribution in [2.24, 2.45) is 11.1 Å². The number of amides is 1. The van der Waals surface area contributed by atoms with Gasteiger partial charge in [-0.2, -0.15) is 0 Å². The number of benzene rings is 1. The number of aliphatic hydroxyl groups is 1. The maximum absolute atomic E-state index is 12.4. The largest absolute Gasteiger partial charge is 0.389 e. The van der Waals surface area contributed by atoms with Crippen LogP contribution in [0, 0.1) is 5.41 Å². The van der Waals surface area contributed by atoms with Crippen molar-refractivity contribution in [3.05, 3.63) is 35.5 Å². The van der Waals surface area contributed by atoms with E-state index < -0.39 is 16.9 Å². The maximum Gasteiger partial charge on any atom is 0.252 e. The van der Waals surface area contributed by atoms with Crippen LogP contribution in [0.5, 0.6) is 0 Å². The third-order valence-corrected chi connectivity index (χ3v) is 8.60. The predicted octanol–water partition coefficient (Wildman–Crippen LogP) is 3.16. The molecule has 2 aromatic heterocycles. The van der Waals surface area contributed by atoms with Gasteiger partial charge in [-0.25, -0.2) is 4.98 Å². The van der Waals surface area contributed by atoms with Crippen LogP contribution in [0.15, 0.2) is 24.4 Å². The Labute approximate surface area is 230 Å². The highest BCUT2D eigenvalue weighted by atomic mass is 16.3. The van der Waals surface area contributed by atoms with Crippen molar-refractivity contribution >= 4 is 39.8 Å². The van der Waals surface area contributed by atoms with Crippen LogP contribution in [0.3, 0.4) is 0 Å². The number of fused-ring (bicyclic) bond motifs is 3. The first-order valence-electron chi connectivity index (χ1n) is 14.2. The Kier molecular flexibility index (Phi) is 7.68. The molecule has 9 nitrogen and oxygen atoms in total. The number of H-pyrrole nitrogens is 1. The minimum absolute atomic E-state index is 0.375. The summed E-state index contributed by atoms with van der Waals surface area (Å²) in [5, 5.41) is 15.3. The number of anilines is 1. The minimum atomic E-state index is -0.688. The number of piperidine rings is 2. The number of primary amides is 1. The van der Waals surface area contributed by atoms with Gasteiger partial charge in [-0.1, -0.05) is 12.1 Å². The van der Waals surface area contributed by atoms with Gasteiger partial charge in [-0.15, -0.1) is 0 Å². The Balaban J connectivity index is 1.49. The van der Waals surface area contributed by atoms with Crippen molar-refractivity contribution in [2.75, 3.05) is 51.2 Å². The second-order valence-corrected chi connectivity index (χ2v) is 12.3. The first-order valence-corrected chi connectivity index (χ1v) is 14.2. The quantitative estimate of drug-likeness (QED) is 0.311. The number of nitrogens with two attached hydrogens (primary N) is 1. The molecule has 9 heteroatoms. The molecule has 2 aliphatic rings. The normalized spacial score (nSPS) is 21.6. The number of hydrogen-bond donors (Lipinski definition) is 4. The van der Waals surface area contributed by atoms with Crippen molar-refractivity contribution in [1.29, 1.82) is 0 Å². The number of likely N-dealkylation sites (tertiary alicyclic amines) is 1. The summed E-state index contributed by atoms with van der Waals surface area (Å²) in [6.07, 6.45) is 7.31. The van der Waals surface area contributed by atoms with E-state index in [4.69, 9.17) is 10.7 Å². The van der Waals surface area contributed by atoms with Gasteiger partial charge in [0.1, 0.15) is 12.1 Å². The van der Waals surface area contributed by atoms with Gasteiger partial charge in [0.05, 0.1) is 22.1 Å². The van der Waals surface area contributed by atoms with Gasteiger partial charge in [0.2, 0.25) is 0 Å². The SMILES string of the molecule is CNCCC1(C=O)CCCN(c2ncc(C(N)=O)c3[nH]c4cc(C5CCN(CC(C)(C)O)CC5)ccc4c23)C1. The molecule has 2 saturated heterocycles. The average Bonchev–Trinajstić information content (AvgIpc) is 3.29. The molecule has 0 spiro atoms. The van der Waals surface area contributed by atoms with E-state index in [0.717, 1.165) is 86.7 Å². The molecule has 0 aliphatic carbocycles. The highest BCUT2D eigenvalue weighted by Crippen LogP contribution is 2.40. The topological polar surface area (TPSA) is 128 Å². The predicted molar refractivity (Wildman–Crippen MR) is 155 cm³/mol. The van der Waals surface area contributed by atoms with Crippen LogP contribution in [0.25, 0.3) is 21.8 Å². The molecule has 1 amide bonds. The number of β-amino-alcohol motifs (C(OH)–C–C–N with tert-alkyl or cyclic N) is 1. The Hall–Kier alpha value is -3.01. The van der Waals surface area contributed by atoms with Gasteiger partial charge in [0, 0.05) is 42.1 Å². The Morgan fingerprint density at radius 2 is 2.08 bits per heavy atom. The lowest BCUT2D eigenvalue weighted by Gasteiger charge is -2.40. The number of nitrogens with zero attached hydrogens (tertiary/aromatic N) is 3. The number of hydrogen-bond acceptors (Lipinski definition) is 7. The number of aldehydes is 1. The van der Waals surface area contributed by atoms with Crippen LogP contribution < -0.4 is 16.0 Å². The fourth-order valence-corrected chi connectivity index (χ4v) is 6.63. The van der Waals surface area contributed by atoms with E-state index in [1.54, 1.807) is 6.20 Å². The van der Waals surface area contributed by atoms with Crippen molar-refractivity contribution in [3.63, 3.8) is 0 Å². The van der Waals surface area contributed by atoms with E-state index in [1.807, 2.05) is 20.9 Å². The van der Waals surface area contributed by atoms with Gasteiger partial charge >= 0.3 is 0 Å². The fourth-order valence-electron chi connectivity index (χ4n) is 6.63. The van der Waals surface area contributed by atoms with Gasteiger partial charge in [0.15, 0.2) is 0 Å². The summed E-state index contributed by atoms with van der Waals surface area (Å²) in [5.74, 6) is 0.721. The van der Waals surface area contributed by atoms with Crippen LogP contribution in [0.2, 0.25) is 0 Å². The van der Waals surface area contributed by atoms with E-state index in [0.29, 0.717) is 30.1 Å². The third-order valence-electron chi connectivity index (χ3n) is 8.60. The Morgan fingerprint density at radius 1 is 1.31 bits per heavy atom. The lowest BCUT2D eigenvalue weighted by atomic mass is 9.78. The van der Waals surface area contributed by atoms with Gasteiger partial charge in [-0.05, 0) is 90.2 Å².